The van der Waals surface area contributed by atoms with Crippen molar-refractivity contribution in [1.29, 1.82) is 0 Å². The van der Waals surface area contributed by atoms with Crippen molar-refractivity contribution in [3.63, 3.8) is 0 Å². The summed E-state index contributed by atoms with van der Waals surface area (Å²) in [6.45, 7) is 4.19. The van der Waals surface area contributed by atoms with Crippen LogP contribution in [-0.4, -0.2) is 36.4 Å². The number of ether oxygens (including phenoxy) is 2. The van der Waals surface area contributed by atoms with Gasteiger partial charge in [-0.2, -0.15) is 0 Å². The standard InChI is InChI=1S/C56H108O5/c1-3-5-7-9-11-13-15-17-19-21-23-24-25-26-27-28-29-30-31-32-33-35-37-39-41-43-45-47-49-51-56(59)61-54(52-57)53-60-55(58)50-48-46-44-42-40-38-36-34-22-20-18-16-14-12-10-8-6-4-2/h21,23,54,57H,3-20,22,24-53H2,1-2H3/b23-21-. The van der Waals surface area contributed by atoms with E-state index in [-0.39, 0.29) is 25.2 Å². The molecule has 0 rings (SSSR count). The molecule has 0 fully saturated rings. The maximum Gasteiger partial charge on any atom is 0.306 e. The SMILES string of the molecule is CCCCCCCCCC/C=C\CCCCCCCCCCCCCCCCCCCC(=O)OC(CO)COC(=O)CCCCCCCCCCCCCCCCCCCC. The van der Waals surface area contributed by atoms with E-state index in [2.05, 4.69) is 26.0 Å². The van der Waals surface area contributed by atoms with Crippen molar-refractivity contribution >= 4 is 11.9 Å². The lowest BCUT2D eigenvalue weighted by molar-refractivity contribution is -0.161. The van der Waals surface area contributed by atoms with Gasteiger partial charge < -0.3 is 14.6 Å². The second kappa shape index (κ2) is 53.0. The van der Waals surface area contributed by atoms with Crippen molar-refractivity contribution < 1.29 is 24.2 Å². The Hall–Kier alpha value is -1.36. The smallest absolute Gasteiger partial charge is 0.306 e. The number of hydrogen-bond donors (Lipinski definition) is 1. The molecular weight excluding hydrogens is 753 g/mol. The fraction of sp³-hybridized carbons (Fsp3) is 0.929. The third kappa shape index (κ3) is 51.2. The van der Waals surface area contributed by atoms with E-state index in [4.69, 9.17) is 9.47 Å². The number of allylic oxidation sites excluding steroid dienone is 2. The molecule has 362 valence electrons. The van der Waals surface area contributed by atoms with E-state index in [1.807, 2.05) is 0 Å². The quantitative estimate of drug-likeness (QED) is 0.0375. The highest BCUT2D eigenvalue weighted by molar-refractivity contribution is 5.70. The summed E-state index contributed by atoms with van der Waals surface area (Å²) in [7, 11) is 0. The fourth-order valence-corrected chi connectivity index (χ4v) is 8.61. The second-order valence-electron chi connectivity index (χ2n) is 19.0. The van der Waals surface area contributed by atoms with Crippen LogP contribution >= 0.6 is 0 Å². The average molecular weight is 861 g/mol. The topological polar surface area (TPSA) is 72.8 Å². The Balaban J connectivity index is 3.41. The van der Waals surface area contributed by atoms with Crippen molar-refractivity contribution in [3.8, 4) is 0 Å². The normalized spacial score (nSPS) is 12.1. The Morgan fingerprint density at radius 1 is 0.361 bits per heavy atom. The van der Waals surface area contributed by atoms with Crippen molar-refractivity contribution in [1.82, 2.24) is 0 Å². The molecule has 0 heterocycles. The predicted molar refractivity (Wildman–Crippen MR) is 265 cm³/mol. The number of hydrogen-bond acceptors (Lipinski definition) is 5. The molecule has 0 aliphatic carbocycles. The summed E-state index contributed by atoms with van der Waals surface area (Å²) in [5.74, 6) is -0.568. The van der Waals surface area contributed by atoms with E-state index in [9.17, 15) is 14.7 Å². The van der Waals surface area contributed by atoms with Crippen LogP contribution in [0.15, 0.2) is 12.2 Å². The maximum atomic E-state index is 12.3. The van der Waals surface area contributed by atoms with Crippen LogP contribution in [-0.2, 0) is 19.1 Å². The zero-order valence-corrected chi connectivity index (χ0v) is 41.5. The molecular formula is C56H108O5. The minimum absolute atomic E-state index is 0.0575. The Bertz CT molecular complexity index is 886. The first-order valence-electron chi connectivity index (χ1n) is 27.7. The zero-order valence-electron chi connectivity index (χ0n) is 41.5. The van der Waals surface area contributed by atoms with Gasteiger partial charge in [0, 0.05) is 12.8 Å². The molecule has 0 amide bonds. The van der Waals surface area contributed by atoms with Crippen LogP contribution < -0.4 is 0 Å². The van der Waals surface area contributed by atoms with Gasteiger partial charge in [0.15, 0.2) is 6.10 Å². The van der Waals surface area contributed by atoms with E-state index in [1.165, 1.54) is 257 Å². The Morgan fingerprint density at radius 2 is 0.607 bits per heavy atom. The van der Waals surface area contributed by atoms with E-state index in [1.54, 1.807) is 0 Å². The van der Waals surface area contributed by atoms with E-state index in [0.29, 0.717) is 12.8 Å². The van der Waals surface area contributed by atoms with Crippen LogP contribution in [0.4, 0.5) is 0 Å². The van der Waals surface area contributed by atoms with Gasteiger partial charge in [0.25, 0.3) is 0 Å². The first-order chi connectivity index (χ1) is 30.1. The minimum atomic E-state index is -0.765. The van der Waals surface area contributed by atoms with Crippen molar-refractivity contribution in [2.45, 2.75) is 322 Å². The van der Waals surface area contributed by atoms with Crippen LogP contribution in [0.2, 0.25) is 0 Å². The summed E-state index contributed by atoms with van der Waals surface area (Å²) in [6, 6.07) is 0. The highest BCUT2D eigenvalue weighted by atomic mass is 16.6. The number of rotatable bonds is 52. The molecule has 1 unspecified atom stereocenters. The zero-order chi connectivity index (χ0) is 44.2. The van der Waals surface area contributed by atoms with Crippen LogP contribution in [0, 0.1) is 0 Å². The molecule has 0 aromatic heterocycles. The first kappa shape index (κ1) is 59.6. The molecule has 0 bridgehead atoms. The van der Waals surface area contributed by atoms with Gasteiger partial charge in [-0.25, -0.2) is 0 Å². The maximum absolute atomic E-state index is 12.3. The molecule has 5 heteroatoms. The number of carbonyl (C=O) groups is 2. The predicted octanol–water partition coefficient (Wildman–Crippen LogP) is 18.4. The van der Waals surface area contributed by atoms with Crippen molar-refractivity contribution in [2.24, 2.45) is 0 Å². The third-order valence-electron chi connectivity index (χ3n) is 12.8. The van der Waals surface area contributed by atoms with E-state index >= 15 is 0 Å². The molecule has 0 saturated heterocycles. The number of carbonyl (C=O) groups excluding carboxylic acids is 2. The summed E-state index contributed by atoms with van der Waals surface area (Å²) in [5.41, 5.74) is 0. The van der Waals surface area contributed by atoms with Gasteiger partial charge in [-0.15, -0.1) is 0 Å². The minimum Gasteiger partial charge on any atom is -0.462 e. The molecule has 5 nitrogen and oxygen atoms in total. The van der Waals surface area contributed by atoms with Gasteiger partial charge in [-0.3, -0.25) is 9.59 Å². The summed E-state index contributed by atoms with van der Waals surface area (Å²) in [6.07, 6.45) is 64.7. The summed E-state index contributed by atoms with van der Waals surface area (Å²) < 4.78 is 10.7. The van der Waals surface area contributed by atoms with Crippen molar-refractivity contribution in [2.75, 3.05) is 13.2 Å². The van der Waals surface area contributed by atoms with Gasteiger partial charge in [-0.05, 0) is 38.5 Å². The lowest BCUT2D eigenvalue weighted by Crippen LogP contribution is -2.28. The lowest BCUT2D eigenvalue weighted by Gasteiger charge is -2.15. The average Bonchev–Trinajstić information content (AvgIpc) is 3.26. The number of unbranched alkanes of at least 4 members (excludes halogenated alkanes) is 42. The molecule has 1 N–H and O–H groups in total. The molecule has 0 saturated carbocycles. The molecule has 0 aromatic rings. The van der Waals surface area contributed by atoms with E-state index in [0.717, 1.165) is 32.1 Å². The molecule has 0 aromatic carbocycles. The highest BCUT2D eigenvalue weighted by Crippen LogP contribution is 2.17. The largest absolute Gasteiger partial charge is 0.462 e. The van der Waals surface area contributed by atoms with Gasteiger partial charge in [0.05, 0.1) is 6.61 Å². The summed E-state index contributed by atoms with van der Waals surface area (Å²) >= 11 is 0. The Labute approximate surface area is 381 Å². The first-order valence-corrected chi connectivity index (χ1v) is 27.7. The molecule has 61 heavy (non-hydrogen) atoms. The number of aliphatic hydroxyl groups excluding tert-OH is 1. The van der Waals surface area contributed by atoms with Gasteiger partial charge in [-0.1, -0.05) is 276 Å². The molecule has 0 radical (unpaired) electrons. The van der Waals surface area contributed by atoms with Crippen LogP contribution in [0.3, 0.4) is 0 Å². The van der Waals surface area contributed by atoms with Gasteiger partial charge in [0.1, 0.15) is 6.61 Å². The number of aliphatic hydroxyl groups is 1. The molecule has 1 atom stereocenters. The van der Waals surface area contributed by atoms with E-state index < -0.39 is 6.10 Å². The molecule has 0 aliphatic rings. The van der Waals surface area contributed by atoms with Gasteiger partial charge >= 0.3 is 11.9 Å². The Kier molecular flexibility index (Phi) is 51.8. The second-order valence-corrected chi connectivity index (χ2v) is 19.0. The molecule has 0 aliphatic heterocycles. The van der Waals surface area contributed by atoms with Gasteiger partial charge in [0.2, 0.25) is 0 Å². The molecule has 0 spiro atoms. The number of esters is 2. The fourth-order valence-electron chi connectivity index (χ4n) is 8.61. The summed E-state index contributed by atoms with van der Waals surface area (Å²) in [5, 5.41) is 9.64. The highest BCUT2D eigenvalue weighted by Gasteiger charge is 2.16. The van der Waals surface area contributed by atoms with Crippen LogP contribution in [0.1, 0.15) is 316 Å². The third-order valence-corrected chi connectivity index (χ3v) is 12.8. The summed E-state index contributed by atoms with van der Waals surface area (Å²) in [4.78, 5) is 24.5. The van der Waals surface area contributed by atoms with Crippen LogP contribution in [0.5, 0.6) is 0 Å². The van der Waals surface area contributed by atoms with Crippen molar-refractivity contribution in [3.05, 3.63) is 12.2 Å². The van der Waals surface area contributed by atoms with Crippen LogP contribution in [0.25, 0.3) is 0 Å². The monoisotopic (exact) mass is 861 g/mol. The Morgan fingerprint density at radius 3 is 0.885 bits per heavy atom. The lowest BCUT2D eigenvalue weighted by atomic mass is 10.0.